The number of ketones is 1. The highest BCUT2D eigenvalue weighted by Crippen LogP contribution is 2.34. The molecule has 114 valence electrons. The van der Waals surface area contributed by atoms with Crippen LogP contribution in [0.2, 0.25) is 0 Å². The molecule has 1 unspecified atom stereocenters. The topological polar surface area (TPSA) is 29.1 Å². The summed E-state index contributed by atoms with van der Waals surface area (Å²) in [7, 11) is 0. The summed E-state index contributed by atoms with van der Waals surface area (Å²) in [6, 6.07) is 18.8. The van der Waals surface area contributed by atoms with Crippen LogP contribution in [0.25, 0.3) is 0 Å². The molecule has 0 spiro atoms. The molecule has 1 N–H and O–H groups in total. The molecule has 0 heterocycles. The zero-order valence-corrected chi connectivity index (χ0v) is 13.1. The number of carbonyl (C=O) groups is 1. The zero-order valence-electron chi connectivity index (χ0n) is 13.1. The molecule has 2 aromatic carbocycles. The molecule has 3 rings (SSSR count). The van der Waals surface area contributed by atoms with Crippen LogP contribution in [0.4, 0.5) is 5.69 Å². The summed E-state index contributed by atoms with van der Waals surface area (Å²) in [5.41, 5.74) is 3.53. The maximum atomic E-state index is 12.4. The van der Waals surface area contributed by atoms with E-state index in [1.165, 1.54) is 11.1 Å². The molecule has 22 heavy (non-hydrogen) atoms. The molecular weight excluding hydrogens is 270 g/mol. The Balaban J connectivity index is 1.90. The first kappa shape index (κ1) is 14.8. The predicted octanol–water partition coefficient (Wildman–Crippen LogP) is 4.91. The van der Waals surface area contributed by atoms with Crippen molar-refractivity contribution in [2.75, 3.05) is 5.32 Å². The number of rotatable bonds is 4. The van der Waals surface area contributed by atoms with E-state index in [1.807, 2.05) is 18.2 Å². The van der Waals surface area contributed by atoms with Crippen LogP contribution in [-0.2, 0) is 4.79 Å². The first-order valence-corrected chi connectivity index (χ1v) is 8.15. The second kappa shape index (κ2) is 6.78. The molecule has 0 bridgehead atoms. The van der Waals surface area contributed by atoms with Crippen molar-refractivity contribution < 1.29 is 4.79 Å². The van der Waals surface area contributed by atoms with Gasteiger partial charge in [0.1, 0.15) is 5.78 Å². The fraction of sp³-hybridized carbons (Fsp3) is 0.350. The molecule has 2 aromatic rings. The van der Waals surface area contributed by atoms with Crippen LogP contribution in [0.5, 0.6) is 0 Å². The van der Waals surface area contributed by atoms with Crippen molar-refractivity contribution in [1.29, 1.82) is 0 Å². The van der Waals surface area contributed by atoms with Crippen molar-refractivity contribution in [3.63, 3.8) is 0 Å². The third kappa shape index (κ3) is 3.38. The van der Waals surface area contributed by atoms with Crippen LogP contribution in [0, 0.1) is 12.8 Å². The minimum atomic E-state index is 0.0656. The summed E-state index contributed by atoms with van der Waals surface area (Å²) in [4.78, 5) is 12.4. The second-order valence-electron chi connectivity index (χ2n) is 6.22. The Kier molecular flexibility index (Phi) is 4.57. The lowest BCUT2D eigenvalue weighted by Crippen LogP contribution is -2.30. The minimum Gasteiger partial charge on any atom is -0.378 e. The lowest BCUT2D eigenvalue weighted by Gasteiger charge is -2.31. The highest BCUT2D eigenvalue weighted by molar-refractivity contribution is 5.83. The van der Waals surface area contributed by atoms with Gasteiger partial charge in [-0.05, 0) is 37.5 Å². The van der Waals surface area contributed by atoms with E-state index in [2.05, 4.69) is 48.6 Å². The number of anilines is 1. The van der Waals surface area contributed by atoms with Gasteiger partial charge in [0.2, 0.25) is 0 Å². The normalized spacial score (nSPS) is 19.7. The Morgan fingerprint density at radius 2 is 1.73 bits per heavy atom. The summed E-state index contributed by atoms with van der Waals surface area (Å²) in [5, 5.41) is 3.59. The molecule has 2 heteroatoms. The van der Waals surface area contributed by atoms with Crippen LogP contribution < -0.4 is 5.32 Å². The van der Waals surface area contributed by atoms with Crippen molar-refractivity contribution in [2.45, 2.75) is 38.6 Å². The second-order valence-corrected chi connectivity index (χ2v) is 6.22. The van der Waals surface area contributed by atoms with Gasteiger partial charge in [-0.25, -0.2) is 0 Å². The summed E-state index contributed by atoms with van der Waals surface area (Å²) in [6.07, 6.45) is 3.90. The third-order valence-electron chi connectivity index (χ3n) is 4.54. The monoisotopic (exact) mass is 293 g/mol. The van der Waals surface area contributed by atoms with E-state index in [1.54, 1.807) is 0 Å². The van der Waals surface area contributed by atoms with Crippen LogP contribution in [0.15, 0.2) is 54.6 Å². The van der Waals surface area contributed by atoms with Crippen molar-refractivity contribution in [3.8, 4) is 0 Å². The van der Waals surface area contributed by atoms with Crippen molar-refractivity contribution in [2.24, 2.45) is 5.92 Å². The predicted molar refractivity (Wildman–Crippen MR) is 90.9 cm³/mol. The summed E-state index contributed by atoms with van der Waals surface area (Å²) >= 11 is 0. The van der Waals surface area contributed by atoms with Gasteiger partial charge >= 0.3 is 0 Å². The molecule has 0 saturated heterocycles. The van der Waals surface area contributed by atoms with Gasteiger partial charge in [-0.1, -0.05) is 54.4 Å². The number of hydrogen-bond donors (Lipinski definition) is 1. The number of Topliss-reactive ketones (excluding diaryl/α,β-unsaturated/α-hetero) is 1. The molecule has 1 fully saturated rings. The van der Waals surface area contributed by atoms with Gasteiger partial charge in [-0.2, -0.15) is 0 Å². The average Bonchev–Trinajstić information content (AvgIpc) is 2.55. The molecular formula is C20H23NO. The van der Waals surface area contributed by atoms with E-state index in [9.17, 15) is 4.79 Å². The number of benzene rings is 2. The summed E-state index contributed by atoms with van der Waals surface area (Å²) in [6.45, 7) is 2.09. The first-order valence-electron chi connectivity index (χ1n) is 8.15. The standard InChI is InChI=1S/C20H23NO/c1-15-11-13-16(14-12-15)20(18-9-5-6-10-19(18)22)21-17-7-3-2-4-8-17/h2-4,7-8,11-14,18,20-21H,5-6,9-10H2,1H3/t18?,20-/m0/s1. The van der Waals surface area contributed by atoms with Gasteiger partial charge in [0.15, 0.2) is 0 Å². The molecule has 1 saturated carbocycles. The van der Waals surface area contributed by atoms with E-state index in [4.69, 9.17) is 0 Å². The highest BCUT2D eigenvalue weighted by Gasteiger charge is 2.31. The smallest absolute Gasteiger partial charge is 0.138 e. The molecule has 2 nitrogen and oxygen atoms in total. The molecule has 0 aliphatic heterocycles. The lowest BCUT2D eigenvalue weighted by molar-refractivity contribution is -0.125. The molecule has 2 atom stereocenters. The van der Waals surface area contributed by atoms with Crippen molar-refractivity contribution >= 4 is 11.5 Å². The fourth-order valence-electron chi connectivity index (χ4n) is 3.27. The SMILES string of the molecule is Cc1ccc([C@H](Nc2ccccc2)C2CCCCC2=O)cc1. The number of hydrogen-bond acceptors (Lipinski definition) is 2. The molecule has 1 aliphatic carbocycles. The van der Waals surface area contributed by atoms with Crippen LogP contribution in [0.1, 0.15) is 42.9 Å². The van der Waals surface area contributed by atoms with Crippen molar-refractivity contribution in [1.82, 2.24) is 0 Å². The van der Waals surface area contributed by atoms with E-state index >= 15 is 0 Å². The number of para-hydroxylation sites is 1. The summed E-state index contributed by atoms with van der Waals surface area (Å²) < 4.78 is 0. The van der Waals surface area contributed by atoms with E-state index < -0.39 is 0 Å². The lowest BCUT2D eigenvalue weighted by atomic mass is 9.80. The Labute approximate surface area is 132 Å². The maximum Gasteiger partial charge on any atom is 0.138 e. The van der Waals surface area contributed by atoms with E-state index in [0.29, 0.717) is 5.78 Å². The zero-order chi connectivity index (χ0) is 15.4. The molecule has 1 aliphatic rings. The Morgan fingerprint density at radius 1 is 1.00 bits per heavy atom. The van der Waals surface area contributed by atoms with Crippen LogP contribution in [-0.4, -0.2) is 5.78 Å². The van der Waals surface area contributed by atoms with Gasteiger partial charge in [0, 0.05) is 18.0 Å². The Hall–Kier alpha value is -2.09. The Morgan fingerprint density at radius 3 is 2.41 bits per heavy atom. The van der Waals surface area contributed by atoms with Crippen molar-refractivity contribution in [3.05, 3.63) is 65.7 Å². The first-order chi connectivity index (χ1) is 10.7. The quantitative estimate of drug-likeness (QED) is 0.868. The minimum absolute atomic E-state index is 0.0656. The summed E-state index contributed by atoms with van der Waals surface area (Å²) in [5.74, 6) is 0.483. The van der Waals surface area contributed by atoms with Crippen LogP contribution in [0.3, 0.4) is 0 Å². The molecule has 0 radical (unpaired) electrons. The molecule has 0 aromatic heterocycles. The van der Waals surface area contributed by atoms with Gasteiger partial charge in [0.05, 0.1) is 6.04 Å². The number of carbonyl (C=O) groups excluding carboxylic acids is 1. The fourth-order valence-corrected chi connectivity index (χ4v) is 3.27. The van der Waals surface area contributed by atoms with E-state index in [0.717, 1.165) is 31.4 Å². The highest BCUT2D eigenvalue weighted by atomic mass is 16.1. The van der Waals surface area contributed by atoms with Gasteiger partial charge in [-0.3, -0.25) is 4.79 Å². The Bertz CT molecular complexity index is 618. The number of aryl methyl sites for hydroxylation is 1. The van der Waals surface area contributed by atoms with E-state index in [-0.39, 0.29) is 12.0 Å². The van der Waals surface area contributed by atoms with Gasteiger partial charge < -0.3 is 5.32 Å². The van der Waals surface area contributed by atoms with Crippen LogP contribution >= 0.6 is 0 Å². The molecule has 0 amide bonds. The maximum absolute atomic E-state index is 12.4. The number of nitrogens with one attached hydrogen (secondary N) is 1. The van der Waals surface area contributed by atoms with Gasteiger partial charge in [0.25, 0.3) is 0 Å². The largest absolute Gasteiger partial charge is 0.378 e. The average molecular weight is 293 g/mol. The van der Waals surface area contributed by atoms with Gasteiger partial charge in [-0.15, -0.1) is 0 Å². The third-order valence-corrected chi connectivity index (χ3v) is 4.54.